The second-order valence-electron chi connectivity index (χ2n) is 8.64. The van der Waals surface area contributed by atoms with Crippen molar-refractivity contribution in [3.05, 3.63) is 0 Å². The van der Waals surface area contributed by atoms with Gasteiger partial charge in [-0.05, 0) is 12.8 Å². The predicted octanol–water partition coefficient (Wildman–Crippen LogP) is 6.71. The van der Waals surface area contributed by atoms with E-state index in [-0.39, 0.29) is 0 Å². The Bertz CT molecular complexity index is 319. The SMILES string of the molecule is CCCCCCCCP(=O)(CCCCCCCC)OCC[N+](C)(C)C. The van der Waals surface area contributed by atoms with Gasteiger partial charge in [0.1, 0.15) is 13.2 Å². The largest absolute Gasteiger partial charge is 0.329 e. The summed E-state index contributed by atoms with van der Waals surface area (Å²) in [6.07, 6.45) is 16.6. The Morgan fingerprint density at radius 3 is 1.48 bits per heavy atom. The van der Waals surface area contributed by atoms with E-state index < -0.39 is 7.37 Å². The highest BCUT2D eigenvalue weighted by molar-refractivity contribution is 7.58. The number of hydrogen-bond donors (Lipinski definition) is 0. The van der Waals surface area contributed by atoms with Crippen molar-refractivity contribution in [2.45, 2.75) is 90.9 Å². The van der Waals surface area contributed by atoms with E-state index in [1.165, 1.54) is 64.2 Å². The van der Waals surface area contributed by atoms with Crippen LogP contribution in [0.4, 0.5) is 0 Å². The van der Waals surface area contributed by atoms with E-state index in [1.807, 2.05) is 0 Å². The molecule has 0 atom stereocenters. The summed E-state index contributed by atoms with van der Waals surface area (Å²) >= 11 is 0. The lowest BCUT2D eigenvalue weighted by atomic mass is 10.1. The number of unbranched alkanes of at least 4 members (excludes halogenated alkanes) is 10. The molecule has 0 amide bonds. The summed E-state index contributed by atoms with van der Waals surface area (Å²) in [4.78, 5) is 0. The molecule has 0 aliphatic heterocycles. The lowest BCUT2D eigenvalue weighted by Gasteiger charge is -2.25. The molecule has 0 aromatic heterocycles. The first-order valence-electron chi connectivity index (χ1n) is 10.9. The fourth-order valence-corrected chi connectivity index (χ4v) is 5.30. The van der Waals surface area contributed by atoms with Crippen LogP contribution in [-0.4, -0.2) is 51.1 Å². The molecule has 0 radical (unpaired) electrons. The molecule has 0 spiro atoms. The Hall–Kier alpha value is 0.150. The van der Waals surface area contributed by atoms with Crippen LogP contribution < -0.4 is 0 Å². The number of nitrogens with zero attached hydrogens (tertiary/aromatic N) is 1. The fourth-order valence-electron chi connectivity index (χ4n) is 2.99. The third kappa shape index (κ3) is 17.3. The molecule has 0 aromatic carbocycles. The first kappa shape index (κ1) is 25.1. The van der Waals surface area contributed by atoms with Gasteiger partial charge in [-0.2, -0.15) is 0 Å². The first-order chi connectivity index (χ1) is 11.8. The van der Waals surface area contributed by atoms with E-state index in [0.29, 0.717) is 6.61 Å². The maximum absolute atomic E-state index is 13.2. The third-order valence-electron chi connectivity index (χ3n) is 4.79. The highest BCUT2D eigenvalue weighted by atomic mass is 31.2. The summed E-state index contributed by atoms with van der Waals surface area (Å²) < 4.78 is 20.1. The van der Waals surface area contributed by atoms with Crippen molar-refractivity contribution in [1.82, 2.24) is 0 Å². The quantitative estimate of drug-likeness (QED) is 0.151. The minimum absolute atomic E-state index is 0.631. The summed E-state index contributed by atoms with van der Waals surface area (Å²) in [5.41, 5.74) is 0. The van der Waals surface area contributed by atoms with Crippen LogP contribution in [0.2, 0.25) is 0 Å². The van der Waals surface area contributed by atoms with Crippen LogP contribution in [0.25, 0.3) is 0 Å². The van der Waals surface area contributed by atoms with Gasteiger partial charge in [0, 0.05) is 12.3 Å². The molecule has 0 N–H and O–H groups in total. The molecule has 25 heavy (non-hydrogen) atoms. The summed E-state index contributed by atoms with van der Waals surface area (Å²) in [6, 6.07) is 0. The van der Waals surface area contributed by atoms with Gasteiger partial charge in [-0.25, -0.2) is 0 Å². The van der Waals surface area contributed by atoms with E-state index in [4.69, 9.17) is 4.52 Å². The number of likely N-dealkylation sites (N-methyl/N-ethyl adjacent to an activating group) is 1. The maximum atomic E-state index is 13.2. The third-order valence-corrected chi connectivity index (χ3v) is 7.44. The van der Waals surface area contributed by atoms with E-state index in [0.717, 1.165) is 36.2 Å². The zero-order chi connectivity index (χ0) is 19.0. The van der Waals surface area contributed by atoms with E-state index in [9.17, 15) is 4.57 Å². The Morgan fingerprint density at radius 2 is 1.08 bits per heavy atom. The topological polar surface area (TPSA) is 26.3 Å². The molecule has 0 unspecified atom stereocenters. The zero-order valence-corrected chi connectivity index (χ0v) is 18.9. The van der Waals surface area contributed by atoms with Gasteiger partial charge in [-0.1, -0.05) is 78.1 Å². The average Bonchev–Trinajstić information content (AvgIpc) is 2.53. The number of quaternary nitrogens is 1. The van der Waals surface area contributed by atoms with E-state index >= 15 is 0 Å². The van der Waals surface area contributed by atoms with Gasteiger partial charge in [-0.3, -0.25) is 4.57 Å². The van der Waals surface area contributed by atoms with Crippen molar-refractivity contribution in [3.63, 3.8) is 0 Å². The smallest absolute Gasteiger partial charge is 0.203 e. The second kappa shape index (κ2) is 15.2. The molecule has 0 aromatic rings. The summed E-state index contributed by atoms with van der Waals surface area (Å²) in [5.74, 6) is 0. The molecular formula is C21H47NO2P+. The molecule has 0 saturated carbocycles. The molecule has 0 saturated heterocycles. The number of hydrogen-bond acceptors (Lipinski definition) is 2. The number of rotatable bonds is 18. The van der Waals surface area contributed by atoms with Crippen LogP contribution in [0.1, 0.15) is 90.9 Å². The predicted molar refractivity (Wildman–Crippen MR) is 113 cm³/mol. The van der Waals surface area contributed by atoms with Crippen LogP contribution >= 0.6 is 7.37 Å². The summed E-state index contributed by atoms with van der Waals surface area (Å²) in [7, 11) is 4.06. The van der Waals surface area contributed by atoms with Gasteiger partial charge in [0.15, 0.2) is 0 Å². The summed E-state index contributed by atoms with van der Waals surface area (Å²) in [6.45, 7) is 6.05. The van der Waals surface area contributed by atoms with Crippen LogP contribution in [0.15, 0.2) is 0 Å². The lowest BCUT2D eigenvalue weighted by molar-refractivity contribution is -0.870. The highest BCUT2D eigenvalue weighted by Crippen LogP contribution is 2.48. The van der Waals surface area contributed by atoms with Crippen LogP contribution in [0.3, 0.4) is 0 Å². The highest BCUT2D eigenvalue weighted by Gasteiger charge is 2.23. The summed E-state index contributed by atoms with van der Waals surface area (Å²) in [5, 5.41) is 0. The monoisotopic (exact) mass is 376 g/mol. The van der Waals surface area contributed by atoms with Crippen molar-refractivity contribution in [2.24, 2.45) is 0 Å². The molecule has 0 heterocycles. The lowest BCUT2D eigenvalue weighted by Crippen LogP contribution is -2.37. The van der Waals surface area contributed by atoms with Gasteiger partial charge < -0.3 is 9.01 Å². The molecule has 4 heteroatoms. The maximum Gasteiger partial charge on any atom is 0.203 e. The molecule has 0 aliphatic carbocycles. The minimum Gasteiger partial charge on any atom is -0.329 e. The fraction of sp³-hybridized carbons (Fsp3) is 1.00. The normalized spacial score (nSPS) is 12.7. The second-order valence-corrected chi connectivity index (χ2v) is 11.4. The standard InChI is InChI=1S/C21H47NO2P/c1-6-8-10-12-14-16-20-25(23,24-19-18-22(3,4)5)21-17-15-13-11-9-7-2/h6-21H2,1-5H3/q+1. The Labute approximate surface area is 158 Å². The van der Waals surface area contributed by atoms with Crippen molar-refractivity contribution in [1.29, 1.82) is 0 Å². The minimum atomic E-state index is -2.43. The van der Waals surface area contributed by atoms with E-state index in [1.54, 1.807) is 0 Å². The average molecular weight is 377 g/mol. The van der Waals surface area contributed by atoms with Crippen molar-refractivity contribution < 1.29 is 13.6 Å². The Morgan fingerprint density at radius 1 is 0.680 bits per heavy atom. The van der Waals surface area contributed by atoms with Gasteiger partial charge in [0.2, 0.25) is 7.37 Å². The molecule has 0 bridgehead atoms. The van der Waals surface area contributed by atoms with Gasteiger partial charge >= 0.3 is 0 Å². The van der Waals surface area contributed by atoms with Crippen LogP contribution in [0, 0.1) is 0 Å². The first-order valence-corrected chi connectivity index (χ1v) is 12.9. The molecule has 0 fully saturated rings. The zero-order valence-electron chi connectivity index (χ0n) is 18.0. The molecule has 0 rings (SSSR count). The van der Waals surface area contributed by atoms with Gasteiger partial charge in [0.25, 0.3) is 0 Å². The van der Waals surface area contributed by atoms with Gasteiger partial charge in [0.05, 0.1) is 21.1 Å². The Balaban J connectivity index is 4.17. The van der Waals surface area contributed by atoms with Gasteiger partial charge in [-0.15, -0.1) is 0 Å². The Kier molecular flexibility index (Phi) is 15.3. The molecule has 0 aliphatic rings. The molecule has 3 nitrogen and oxygen atoms in total. The van der Waals surface area contributed by atoms with Crippen molar-refractivity contribution in [3.8, 4) is 0 Å². The van der Waals surface area contributed by atoms with Crippen LogP contribution in [-0.2, 0) is 9.09 Å². The van der Waals surface area contributed by atoms with Crippen molar-refractivity contribution in [2.75, 3.05) is 46.6 Å². The molecular weight excluding hydrogens is 329 g/mol. The van der Waals surface area contributed by atoms with Crippen LogP contribution in [0.5, 0.6) is 0 Å². The molecule has 152 valence electrons. The van der Waals surface area contributed by atoms with E-state index in [2.05, 4.69) is 35.0 Å². The van der Waals surface area contributed by atoms with Crippen molar-refractivity contribution >= 4 is 7.37 Å².